The monoisotopic (exact) mass is 646 g/mol. The van der Waals surface area contributed by atoms with Crippen LogP contribution in [0, 0.1) is 17.0 Å². The molecular weight excluding hydrogens is 615 g/mol. The average molecular weight is 646 g/mol. The first-order chi connectivity index (χ1) is 23.2. The van der Waals surface area contributed by atoms with Gasteiger partial charge < -0.3 is 19.6 Å². The van der Waals surface area contributed by atoms with Gasteiger partial charge in [0.25, 0.3) is 0 Å². The van der Waals surface area contributed by atoms with Crippen molar-refractivity contribution < 1.29 is 18.6 Å². The molecule has 1 N–H and O–H groups in total. The van der Waals surface area contributed by atoms with Crippen LogP contribution in [0.5, 0.6) is 11.8 Å². The van der Waals surface area contributed by atoms with Gasteiger partial charge in [-0.15, -0.1) is 0 Å². The Hall–Kier alpha value is -3.66. The van der Waals surface area contributed by atoms with Crippen LogP contribution in [-0.2, 0) is 6.42 Å². The Bertz CT molecular complexity index is 2060. The molecule has 1 saturated carbocycles. The summed E-state index contributed by atoms with van der Waals surface area (Å²) < 4.78 is 40.2. The zero-order valence-corrected chi connectivity index (χ0v) is 27.3. The largest absolute Gasteiger partial charge is 0.508 e. The summed E-state index contributed by atoms with van der Waals surface area (Å²) in [6.45, 7) is 3.47. The topological polar surface area (TPSA) is 79.0 Å². The number of pyridine rings is 1. The maximum Gasteiger partial charge on any atom is 0.319 e. The van der Waals surface area contributed by atoms with Gasteiger partial charge in [-0.25, -0.2) is 13.3 Å². The van der Waals surface area contributed by atoms with E-state index in [-0.39, 0.29) is 41.7 Å². The van der Waals surface area contributed by atoms with Crippen LogP contribution >= 0.6 is 0 Å². The highest BCUT2D eigenvalue weighted by molar-refractivity contribution is 6.63. The molecular formula is C33H30B6F2N6O2. The molecule has 5 aromatic rings. The molecule has 2 aliphatic rings. The van der Waals surface area contributed by atoms with E-state index in [2.05, 4.69) is 15.0 Å². The molecule has 1 saturated heterocycles. The molecule has 0 atom stereocenters. The lowest BCUT2D eigenvalue weighted by Crippen LogP contribution is -2.65. The molecule has 12 radical (unpaired) electrons. The van der Waals surface area contributed by atoms with Crippen LogP contribution in [0.15, 0.2) is 36.5 Å². The first-order valence-corrected chi connectivity index (χ1v) is 16.4. The van der Waals surface area contributed by atoms with Crippen molar-refractivity contribution in [2.75, 3.05) is 31.1 Å². The van der Waals surface area contributed by atoms with Crippen molar-refractivity contribution >= 4 is 80.1 Å². The van der Waals surface area contributed by atoms with Gasteiger partial charge in [-0.05, 0) is 79.1 Å². The predicted octanol–water partition coefficient (Wildman–Crippen LogP) is 3.33. The third-order valence-corrected chi connectivity index (χ3v) is 9.71. The highest BCUT2D eigenvalue weighted by Gasteiger charge is 2.47. The van der Waals surface area contributed by atoms with E-state index >= 15 is 8.78 Å². The number of piperidine rings is 1. The fourth-order valence-electron chi connectivity index (χ4n) is 7.05. The van der Waals surface area contributed by atoms with Crippen molar-refractivity contribution in [2.24, 2.45) is 5.41 Å². The van der Waals surface area contributed by atoms with E-state index in [1.165, 1.54) is 27.6 Å². The Balaban J connectivity index is 1.40. The second-order valence-electron chi connectivity index (χ2n) is 13.5. The number of phenols is 1. The van der Waals surface area contributed by atoms with E-state index in [1.807, 2.05) is 6.92 Å². The van der Waals surface area contributed by atoms with Crippen molar-refractivity contribution in [3.8, 4) is 23.0 Å². The van der Waals surface area contributed by atoms with Crippen LogP contribution in [0.25, 0.3) is 38.4 Å². The fraction of sp³-hybridized carbons (Fsp3) is 0.424. The zero-order valence-electron chi connectivity index (χ0n) is 27.3. The van der Waals surface area contributed by atoms with Gasteiger partial charge in [0.2, 0.25) is 0 Å². The highest BCUT2D eigenvalue weighted by atomic mass is 19.1. The second kappa shape index (κ2) is 12.3. The SMILES string of the molecule is [B]C([B])([B])N(CC1(COc2nc(N3CCCCC3)c3c(n2)c(F)c(-c2cc(O)cc4ccc(F)c(CC)c24)n2nccc32)CC1)C([B])([B])[B]. The van der Waals surface area contributed by atoms with Crippen LogP contribution in [0.1, 0.15) is 44.6 Å². The van der Waals surface area contributed by atoms with Gasteiger partial charge in [-0.3, -0.25) is 0 Å². The summed E-state index contributed by atoms with van der Waals surface area (Å²) in [4.78, 5) is 12.8. The zero-order chi connectivity index (χ0) is 34.9. The Kier molecular flexibility index (Phi) is 8.48. The van der Waals surface area contributed by atoms with E-state index < -0.39 is 27.5 Å². The minimum absolute atomic E-state index is 0.000717. The molecule has 236 valence electrons. The maximum absolute atomic E-state index is 17.3. The number of nitrogens with zero attached hydrogens (tertiary/aromatic N) is 6. The normalized spacial score (nSPS) is 16.6. The number of rotatable bonds is 10. The van der Waals surface area contributed by atoms with E-state index in [4.69, 9.17) is 56.8 Å². The maximum atomic E-state index is 17.3. The van der Waals surface area contributed by atoms with Gasteiger partial charge in [0.1, 0.15) is 28.6 Å². The molecule has 0 spiro atoms. The molecule has 3 aromatic heterocycles. The van der Waals surface area contributed by atoms with Gasteiger partial charge >= 0.3 is 6.01 Å². The second-order valence-corrected chi connectivity index (χ2v) is 13.5. The number of ether oxygens (including phenoxy) is 1. The predicted molar refractivity (Wildman–Crippen MR) is 192 cm³/mol. The Morgan fingerprint density at radius 1 is 0.959 bits per heavy atom. The van der Waals surface area contributed by atoms with Gasteiger partial charge in [-0.1, -0.05) is 23.5 Å². The molecule has 49 heavy (non-hydrogen) atoms. The molecule has 16 heteroatoms. The highest BCUT2D eigenvalue weighted by Crippen LogP contribution is 2.48. The third kappa shape index (κ3) is 6.19. The molecule has 1 aliphatic heterocycles. The molecule has 0 unspecified atom stereocenters. The van der Waals surface area contributed by atoms with Crippen LogP contribution in [-0.4, -0.2) is 113 Å². The number of aryl methyl sites for hydroxylation is 1. The third-order valence-electron chi connectivity index (χ3n) is 9.71. The molecule has 2 aromatic carbocycles. The van der Waals surface area contributed by atoms with Crippen molar-refractivity contribution in [3.05, 3.63) is 53.7 Å². The van der Waals surface area contributed by atoms with Crippen LogP contribution in [0.2, 0.25) is 0 Å². The number of fused-ring (bicyclic) bond motifs is 4. The summed E-state index contributed by atoms with van der Waals surface area (Å²) >= 11 is 0. The number of halogens is 2. The minimum Gasteiger partial charge on any atom is -0.508 e. The van der Waals surface area contributed by atoms with Crippen molar-refractivity contribution in [3.63, 3.8) is 0 Å². The van der Waals surface area contributed by atoms with Crippen molar-refractivity contribution in [2.45, 2.75) is 55.9 Å². The molecule has 4 heterocycles. The first-order valence-electron chi connectivity index (χ1n) is 16.4. The van der Waals surface area contributed by atoms with Crippen LogP contribution in [0.3, 0.4) is 0 Å². The Labute approximate surface area is 291 Å². The Morgan fingerprint density at radius 3 is 2.33 bits per heavy atom. The number of aromatic hydroxyl groups is 1. The number of benzene rings is 2. The Morgan fingerprint density at radius 2 is 1.67 bits per heavy atom. The van der Waals surface area contributed by atoms with Crippen LogP contribution in [0.4, 0.5) is 14.6 Å². The van der Waals surface area contributed by atoms with Crippen molar-refractivity contribution in [1.82, 2.24) is 24.5 Å². The number of hydrogen-bond donors (Lipinski definition) is 1. The summed E-state index contributed by atoms with van der Waals surface area (Å²) in [5, 5.41) is 13.0. The minimum atomic E-state index is -1.90. The number of hydrogen-bond acceptors (Lipinski definition) is 7. The van der Waals surface area contributed by atoms with E-state index in [9.17, 15) is 5.11 Å². The number of phenolic OH excluding ortho intramolecular Hbond substituents is 1. The summed E-state index contributed by atoms with van der Waals surface area (Å²) in [5.41, 5.74) is 0.725. The smallest absolute Gasteiger partial charge is 0.319 e. The summed E-state index contributed by atoms with van der Waals surface area (Å²) in [6.07, 6.45) is 6.27. The van der Waals surface area contributed by atoms with Gasteiger partial charge in [0.15, 0.2) is 5.82 Å². The molecule has 1 aliphatic carbocycles. The van der Waals surface area contributed by atoms with Gasteiger partial charge in [0.05, 0.1) is 70.8 Å². The summed E-state index contributed by atoms with van der Waals surface area (Å²) in [7, 11) is 35.7. The lowest BCUT2D eigenvalue weighted by Gasteiger charge is -2.50. The van der Waals surface area contributed by atoms with E-state index in [0.717, 1.165) is 19.3 Å². The molecule has 7 rings (SSSR count). The number of anilines is 1. The number of aromatic nitrogens is 4. The lowest BCUT2D eigenvalue weighted by molar-refractivity contribution is 0.150. The molecule has 0 bridgehead atoms. The summed E-state index contributed by atoms with van der Waals surface area (Å²) in [5.74, 6) is -0.739. The first kappa shape index (κ1) is 33.8. The van der Waals surface area contributed by atoms with Gasteiger partial charge in [0, 0.05) is 30.6 Å². The fourth-order valence-corrected chi connectivity index (χ4v) is 7.05. The lowest BCUT2D eigenvalue weighted by atomic mass is 9.40. The summed E-state index contributed by atoms with van der Waals surface area (Å²) in [6, 6.07) is 7.60. The molecule has 8 nitrogen and oxygen atoms in total. The van der Waals surface area contributed by atoms with Gasteiger partial charge in [-0.2, -0.15) is 15.1 Å². The van der Waals surface area contributed by atoms with Crippen molar-refractivity contribution in [1.29, 1.82) is 0 Å². The molecule has 2 fully saturated rings. The molecule has 0 amide bonds. The standard InChI is InChI=1S/C33H30B6F2N6O2/c1-2-20-22(40)7-6-18-14-19(48)15-21(24(18)20)28-26(41)27-25(23-8-11-42-47(23)28)29(45-12-4-3-5-13-45)44-30(43-27)49-17-31(9-10-31)16-46(32(34,35)36)33(37,38)39/h6-8,11,14-15,48H,2-5,9-10,12-13,16-17H2,1H3. The average Bonchev–Trinajstić information content (AvgIpc) is 3.66. The van der Waals surface area contributed by atoms with Crippen LogP contribution < -0.4 is 9.64 Å². The quantitative estimate of drug-likeness (QED) is 0.234. The van der Waals surface area contributed by atoms with E-state index in [1.54, 1.807) is 18.3 Å². The van der Waals surface area contributed by atoms with E-state index in [0.29, 0.717) is 65.4 Å².